The quantitative estimate of drug-likeness (QED) is 0.421. The molecule has 4 rings (SSSR count). The van der Waals surface area contributed by atoms with Crippen molar-refractivity contribution in [2.45, 2.75) is 77.0 Å². The third-order valence-electron chi connectivity index (χ3n) is 6.48. The molecule has 0 spiro atoms. The number of fused-ring (bicyclic) bond motifs is 1. The molecule has 3 aromatic rings. The molecule has 0 aliphatic heterocycles. The molecule has 2 N–H and O–H groups in total. The van der Waals surface area contributed by atoms with Crippen LogP contribution in [0.5, 0.6) is 0 Å². The van der Waals surface area contributed by atoms with Gasteiger partial charge in [0.05, 0.1) is 17.4 Å². The van der Waals surface area contributed by atoms with E-state index >= 15 is 0 Å². The van der Waals surface area contributed by atoms with E-state index < -0.39 is 5.69 Å². The zero-order valence-electron chi connectivity index (χ0n) is 19.8. The van der Waals surface area contributed by atoms with E-state index in [-0.39, 0.29) is 36.5 Å². The van der Waals surface area contributed by atoms with Gasteiger partial charge in [-0.15, -0.1) is 11.3 Å². The highest BCUT2D eigenvalue weighted by atomic mass is 32.1. The van der Waals surface area contributed by atoms with Gasteiger partial charge in [0.2, 0.25) is 11.8 Å². The first-order valence-electron chi connectivity index (χ1n) is 12.3. The van der Waals surface area contributed by atoms with Gasteiger partial charge in [0.25, 0.3) is 5.56 Å². The van der Waals surface area contributed by atoms with Gasteiger partial charge in [-0.05, 0) is 49.3 Å². The van der Waals surface area contributed by atoms with Crippen molar-refractivity contribution in [1.82, 2.24) is 19.8 Å². The number of amides is 2. The Balaban J connectivity index is 1.41. The summed E-state index contributed by atoms with van der Waals surface area (Å²) >= 11 is 1.59. The first kappa shape index (κ1) is 24.9. The molecular formula is C26H32N4O4S. The van der Waals surface area contributed by atoms with Crippen LogP contribution in [0.2, 0.25) is 0 Å². The summed E-state index contributed by atoms with van der Waals surface area (Å²) in [4.78, 5) is 52.3. The fourth-order valence-electron chi connectivity index (χ4n) is 4.63. The highest BCUT2D eigenvalue weighted by Gasteiger charge is 2.19. The van der Waals surface area contributed by atoms with Gasteiger partial charge in [-0.2, -0.15) is 0 Å². The number of unbranched alkanes of at least 4 members (excludes halogenated alkanes) is 1. The third kappa shape index (κ3) is 6.48. The number of rotatable bonds is 10. The largest absolute Gasteiger partial charge is 0.352 e. The molecule has 9 heteroatoms. The molecule has 2 aromatic heterocycles. The number of nitrogens with zero attached hydrogens (tertiary/aromatic N) is 2. The molecule has 0 bridgehead atoms. The minimum atomic E-state index is -0.491. The summed E-state index contributed by atoms with van der Waals surface area (Å²) in [5.41, 5.74) is -0.392. The highest BCUT2D eigenvalue weighted by Crippen LogP contribution is 2.17. The second-order valence-electron chi connectivity index (χ2n) is 9.06. The Bertz CT molecular complexity index is 1270. The van der Waals surface area contributed by atoms with E-state index in [1.54, 1.807) is 35.6 Å². The van der Waals surface area contributed by atoms with Crippen LogP contribution in [0.4, 0.5) is 0 Å². The Morgan fingerprint density at radius 2 is 1.74 bits per heavy atom. The van der Waals surface area contributed by atoms with E-state index in [2.05, 4.69) is 10.6 Å². The van der Waals surface area contributed by atoms with E-state index in [1.807, 2.05) is 17.5 Å². The molecule has 2 heterocycles. The summed E-state index contributed by atoms with van der Waals surface area (Å²) in [5, 5.41) is 8.31. The molecule has 8 nitrogen and oxygen atoms in total. The van der Waals surface area contributed by atoms with Crippen molar-refractivity contribution in [3.05, 3.63) is 67.5 Å². The van der Waals surface area contributed by atoms with E-state index in [0.717, 1.165) is 30.6 Å². The van der Waals surface area contributed by atoms with Crippen molar-refractivity contribution < 1.29 is 9.59 Å². The molecule has 35 heavy (non-hydrogen) atoms. The fraction of sp³-hybridized carbons (Fsp3) is 0.462. The number of nitrogens with one attached hydrogen (secondary N) is 2. The second kappa shape index (κ2) is 12.0. The topological polar surface area (TPSA) is 102 Å². The Hall–Kier alpha value is -3.20. The van der Waals surface area contributed by atoms with Crippen molar-refractivity contribution in [2.75, 3.05) is 0 Å². The van der Waals surface area contributed by atoms with Gasteiger partial charge in [-0.3, -0.25) is 23.5 Å². The van der Waals surface area contributed by atoms with E-state index in [0.29, 0.717) is 36.7 Å². The number of carbonyl (C=O) groups is 2. The molecule has 1 fully saturated rings. The molecule has 0 unspecified atom stereocenters. The molecule has 186 valence electrons. The maximum absolute atomic E-state index is 13.3. The van der Waals surface area contributed by atoms with Crippen LogP contribution in [-0.4, -0.2) is 27.0 Å². The SMILES string of the molecule is O=C(CCCCn1c(=O)c2ccccc2n(CC(=O)NC2CCCCC2)c1=O)NCc1cccs1. The Kier molecular flexibility index (Phi) is 8.52. The van der Waals surface area contributed by atoms with Crippen LogP contribution < -0.4 is 21.9 Å². The van der Waals surface area contributed by atoms with Gasteiger partial charge < -0.3 is 10.6 Å². The summed E-state index contributed by atoms with van der Waals surface area (Å²) in [6, 6.07) is 11.0. The lowest BCUT2D eigenvalue weighted by molar-refractivity contribution is -0.123. The lowest BCUT2D eigenvalue weighted by atomic mass is 9.95. The Morgan fingerprint density at radius 1 is 0.943 bits per heavy atom. The van der Waals surface area contributed by atoms with Crippen molar-refractivity contribution in [3.8, 4) is 0 Å². The van der Waals surface area contributed by atoms with E-state index in [1.165, 1.54) is 15.6 Å². The number of para-hydroxylation sites is 1. The van der Waals surface area contributed by atoms with Crippen molar-refractivity contribution >= 4 is 34.1 Å². The standard InChI is InChI=1S/C26H32N4O4S/c31-23(27-17-20-11-8-16-35-20)14-6-7-15-29-25(33)21-12-4-5-13-22(21)30(26(29)34)18-24(32)28-19-9-2-1-3-10-19/h4-5,8,11-13,16,19H,1-3,6-7,9-10,14-15,17-18H2,(H,27,31)(H,28,32). The Morgan fingerprint density at radius 3 is 2.51 bits per heavy atom. The normalized spacial score (nSPS) is 14.2. The van der Waals surface area contributed by atoms with Crippen molar-refractivity contribution in [3.63, 3.8) is 0 Å². The Labute approximate surface area is 208 Å². The number of aromatic nitrogens is 2. The average Bonchev–Trinajstić information content (AvgIpc) is 3.39. The molecule has 2 amide bonds. The van der Waals surface area contributed by atoms with Crippen LogP contribution in [0, 0.1) is 0 Å². The molecule has 1 aromatic carbocycles. The molecule has 1 saturated carbocycles. The lowest BCUT2D eigenvalue weighted by Crippen LogP contribution is -2.44. The first-order valence-corrected chi connectivity index (χ1v) is 13.2. The van der Waals surface area contributed by atoms with Crippen LogP contribution in [-0.2, 0) is 29.2 Å². The number of benzene rings is 1. The number of hydrogen-bond acceptors (Lipinski definition) is 5. The van der Waals surface area contributed by atoms with Gasteiger partial charge in [-0.1, -0.05) is 37.5 Å². The summed E-state index contributed by atoms with van der Waals surface area (Å²) in [5.74, 6) is -0.266. The molecular weight excluding hydrogens is 464 g/mol. The predicted molar refractivity (Wildman–Crippen MR) is 138 cm³/mol. The second-order valence-corrected chi connectivity index (χ2v) is 10.1. The van der Waals surface area contributed by atoms with Gasteiger partial charge in [-0.25, -0.2) is 4.79 Å². The minimum absolute atomic E-state index is 0.0546. The number of carbonyl (C=O) groups excluding carboxylic acids is 2. The molecule has 1 aliphatic rings. The summed E-state index contributed by atoms with van der Waals surface area (Å²) in [6.07, 6.45) is 6.70. The molecule has 0 atom stereocenters. The van der Waals surface area contributed by atoms with Gasteiger partial charge in [0.15, 0.2) is 0 Å². The number of hydrogen-bond donors (Lipinski definition) is 2. The van der Waals surface area contributed by atoms with E-state index in [4.69, 9.17) is 0 Å². The molecule has 0 radical (unpaired) electrons. The number of thiophene rings is 1. The zero-order chi connectivity index (χ0) is 24.6. The maximum Gasteiger partial charge on any atom is 0.331 e. The smallest absolute Gasteiger partial charge is 0.331 e. The van der Waals surface area contributed by atoms with Crippen molar-refractivity contribution in [2.24, 2.45) is 0 Å². The van der Waals surface area contributed by atoms with Gasteiger partial charge in [0.1, 0.15) is 6.54 Å². The maximum atomic E-state index is 13.3. The molecule has 1 aliphatic carbocycles. The van der Waals surface area contributed by atoms with Crippen LogP contribution in [0.25, 0.3) is 10.9 Å². The van der Waals surface area contributed by atoms with Crippen LogP contribution >= 0.6 is 11.3 Å². The van der Waals surface area contributed by atoms with Crippen LogP contribution in [0.3, 0.4) is 0 Å². The first-order chi connectivity index (χ1) is 17.0. The predicted octanol–water partition coefficient (Wildman–Crippen LogP) is 3.16. The molecule has 0 saturated heterocycles. The van der Waals surface area contributed by atoms with Gasteiger partial charge in [0, 0.05) is 23.9 Å². The van der Waals surface area contributed by atoms with E-state index in [9.17, 15) is 19.2 Å². The highest BCUT2D eigenvalue weighted by molar-refractivity contribution is 7.09. The van der Waals surface area contributed by atoms with Gasteiger partial charge >= 0.3 is 5.69 Å². The zero-order valence-corrected chi connectivity index (χ0v) is 20.6. The minimum Gasteiger partial charge on any atom is -0.352 e. The van der Waals surface area contributed by atoms with Crippen molar-refractivity contribution in [1.29, 1.82) is 0 Å². The fourth-order valence-corrected chi connectivity index (χ4v) is 5.27. The van der Waals surface area contributed by atoms with Crippen LogP contribution in [0.15, 0.2) is 51.4 Å². The average molecular weight is 497 g/mol. The summed E-state index contributed by atoms with van der Waals surface area (Å²) in [7, 11) is 0. The summed E-state index contributed by atoms with van der Waals surface area (Å²) in [6.45, 7) is 0.584. The lowest BCUT2D eigenvalue weighted by Gasteiger charge is -2.23. The summed E-state index contributed by atoms with van der Waals surface area (Å²) < 4.78 is 2.59. The monoisotopic (exact) mass is 496 g/mol. The van der Waals surface area contributed by atoms with Crippen LogP contribution in [0.1, 0.15) is 56.2 Å². The third-order valence-corrected chi connectivity index (χ3v) is 7.36.